The maximum absolute atomic E-state index is 12.1. The van der Waals surface area contributed by atoms with Crippen LogP contribution in [0, 0.1) is 11.8 Å². The fraction of sp³-hybridized carbons (Fsp3) is 0.357. The van der Waals surface area contributed by atoms with E-state index in [9.17, 15) is 18.0 Å². The zero-order valence-electron chi connectivity index (χ0n) is 10.8. The zero-order chi connectivity index (χ0) is 15.2. The van der Waals surface area contributed by atoms with E-state index < -0.39 is 24.5 Å². The first-order chi connectivity index (χ1) is 9.31. The van der Waals surface area contributed by atoms with E-state index in [0.29, 0.717) is 11.1 Å². The highest BCUT2D eigenvalue weighted by Crippen LogP contribution is 2.20. The topological polar surface area (TPSA) is 49.3 Å². The van der Waals surface area contributed by atoms with Crippen molar-refractivity contribution in [1.82, 2.24) is 5.32 Å². The molecule has 1 aromatic rings. The summed E-state index contributed by atoms with van der Waals surface area (Å²) in [6, 6.07) is 6.17. The molecule has 2 N–H and O–H groups in total. The van der Waals surface area contributed by atoms with Crippen LogP contribution in [0.5, 0.6) is 0 Å². The number of amides is 1. The zero-order valence-corrected chi connectivity index (χ0v) is 10.8. The largest absolute Gasteiger partial charge is 0.397 e. The third-order valence-corrected chi connectivity index (χ3v) is 2.44. The third kappa shape index (κ3) is 5.76. The minimum atomic E-state index is -4.52. The fourth-order valence-electron chi connectivity index (χ4n) is 1.59. The molecule has 0 fully saturated rings. The van der Waals surface area contributed by atoms with Gasteiger partial charge in [-0.05, 0) is 24.6 Å². The molecule has 0 bridgehead atoms. The van der Waals surface area contributed by atoms with Crippen molar-refractivity contribution in [2.75, 3.05) is 6.61 Å². The predicted molar refractivity (Wildman–Crippen MR) is 67.6 cm³/mol. The van der Waals surface area contributed by atoms with Gasteiger partial charge in [0.25, 0.3) is 0 Å². The molecule has 1 aromatic carbocycles. The second kappa shape index (κ2) is 6.96. The molecule has 0 heterocycles. The van der Waals surface area contributed by atoms with Crippen LogP contribution in [0.25, 0.3) is 0 Å². The summed E-state index contributed by atoms with van der Waals surface area (Å²) in [6.45, 7) is 1.31. The summed E-state index contributed by atoms with van der Waals surface area (Å²) in [5.41, 5.74) is 1.26. The summed E-state index contributed by atoms with van der Waals surface area (Å²) >= 11 is 0. The summed E-state index contributed by atoms with van der Waals surface area (Å²) in [5, 5.41) is 10.9. The van der Waals surface area contributed by atoms with Crippen molar-refractivity contribution in [2.45, 2.75) is 25.6 Å². The number of aliphatic hydroxyl groups excluding tert-OH is 1. The molecule has 1 amide bonds. The van der Waals surface area contributed by atoms with Gasteiger partial charge in [0.05, 0.1) is 6.04 Å². The number of carbonyl (C=O) groups excluding carboxylic acids is 1. The molecular weight excluding hydrogens is 271 g/mol. The average Bonchev–Trinajstić information content (AvgIpc) is 2.34. The number of hydrogen-bond donors (Lipinski definition) is 2. The molecule has 0 aromatic heterocycles. The third-order valence-electron chi connectivity index (χ3n) is 2.44. The lowest BCUT2D eigenvalue weighted by atomic mass is 10.1. The van der Waals surface area contributed by atoms with E-state index in [1.165, 1.54) is 0 Å². The van der Waals surface area contributed by atoms with E-state index in [4.69, 9.17) is 5.11 Å². The van der Waals surface area contributed by atoms with Gasteiger partial charge in [-0.2, -0.15) is 13.2 Å². The monoisotopic (exact) mass is 285 g/mol. The molecule has 1 unspecified atom stereocenters. The van der Waals surface area contributed by atoms with Gasteiger partial charge in [0, 0.05) is 5.56 Å². The normalized spacial score (nSPS) is 12.2. The fourth-order valence-corrected chi connectivity index (χ4v) is 1.59. The number of rotatable bonds is 3. The number of alkyl halides is 3. The molecule has 20 heavy (non-hydrogen) atoms. The Labute approximate surface area is 114 Å². The minimum Gasteiger partial charge on any atom is -0.384 e. The molecule has 0 saturated carbocycles. The van der Waals surface area contributed by atoms with Gasteiger partial charge in [0.1, 0.15) is 13.0 Å². The van der Waals surface area contributed by atoms with Crippen molar-refractivity contribution in [2.24, 2.45) is 0 Å². The molecular formula is C14H14F3NO2. The Bertz CT molecular complexity index is 529. The van der Waals surface area contributed by atoms with Gasteiger partial charge in [-0.15, -0.1) is 0 Å². The molecule has 108 valence electrons. The van der Waals surface area contributed by atoms with Crippen molar-refractivity contribution in [1.29, 1.82) is 0 Å². The van der Waals surface area contributed by atoms with E-state index >= 15 is 0 Å². The van der Waals surface area contributed by atoms with Gasteiger partial charge in [0.2, 0.25) is 5.91 Å². The van der Waals surface area contributed by atoms with Crippen LogP contribution >= 0.6 is 0 Å². The minimum absolute atomic E-state index is 0.276. The Morgan fingerprint density at radius 1 is 1.45 bits per heavy atom. The Balaban J connectivity index is 2.72. The highest BCUT2D eigenvalue weighted by Gasteiger charge is 2.31. The second-order valence-electron chi connectivity index (χ2n) is 4.17. The SMILES string of the molecule is CC(NC(=O)CC(F)(F)F)c1cccc(C#CCO)c1. The van der Waals surface area contributed by atoms with E-state index in [2.05, 4.69) is 17.2 Å². The molecule has 0 radical (unpaired) electrons. The number of aliphatic hydroxyl groups is 1. The van der Waals surface area contributed by atoms with Crippen LogP contribution in [0.4, 0.5) is 13.2 Å². The standard InChI is InChI=1S/C14H14F3NO2/c1-10(18-13(20)9-14(15,16)17)12-6-2-4-11(8-12)5-3-7-19/h2,4,6,8,10,19H,7,9H2,1H3,(H,18,20). The van der Waals surface area contributed by atoms with Crippen LogP contribution in [0.2, 0.25) is 0 Å². The molecule has 0 aliphatic carbocycles. The number of hydrogen-bond acceptors (Lipinski definition) is 2. The van der Waals surface area contributed by atoms with Gasteiger partial charge >= 0.3 is 6.18 Å². The van der Waals surface area contributed by atoms with Crippen molar-refractivity contribution in [3.05, 3.63) is 35.4 Å². The van der Waals surface area contributed by atoms with Crippen molar-refractivity contribution >= 4 is 5.91 Å². The van der Waals surface area contributed by atoms with Crippen molar-refractivity contribution < 1.29 is 23.1 Å². The smallest absolute Gasteiger partial charge is 0.384 e. The van der Waals surface area contributed by atoms with Crippen LogP contribution in [-0.2, 0) is 4.79 Å². The van der Waals surface area contributed by atoms with Gasteiger partial charge in [-0.3, -0.25) is 4.79 Å². The second-order valence-corrected chi connectivity index (χ2v) is 4.17. The summed E-state index contributed by atoms with van der Waals surface area (Å²) in [7, 11) is 0. The lowest BCUT2D eigenvalue weighted by Gasteiger charge is -2.15. The van der Waals surface area contributed by atoms with Crippen LogP contribution in [-0.4, -0.2) is 23.8 Å². The quantitative estimate of drug-likeness (QED) is 0.836. The van der Waals surface area contributed by atoms with E-state index in [-0.39, 0.29) is 6.61 Å². The van der Waals surface area contributed by atoms with E-state index in [1.54, 1.807) is 31.2 Å². The lowest BCUT2D eigenvalue weighted by molar-refractivity contribution is -0.154. The van der Waals surface area contributed by atoms with Crippen LogP contribution in [0.1, 0.15) is 30.5 Å². The molecule has 6 heteroatoms. The molecule has 1 atom stereocenters. The number of carbonyl (C=O) groups is 1. The average molecular weight is 285 g/mol. The van der Waals surface area contributed by atoms with Crippen molar-refractivity contribution in [3.63, 3.8) is 0 Å². The molecule has 0 saturated heterocycles. The first kappa shape index (κ1) is 16.1. The highest BCUT2D eigenvalue weighted by atomic mass is 19.4. The van der Waals surface area contributed by atoms with Gasteiger partial charge in [-0.1, -0.05) is 24.0 Å². The summed E-state index contributed by atoms with van der Waals surface area (Å²) < 4.78 is 36.2. The van der Waals surface area contributed by atoms with E-state index in [1.807, 2.05) is 0 Å². The molecule has 3 nitrogen and oxygen atoms in total. The predicted octanol–water partition coefficient (Wildman–Crippen LogP) is 2.16. The lowest BCUT2D eigenvalue weighted by Crippen LogP contribution is -2.30. The maximum atomic E-state index is 12.1. The summed E-state index contributed by atoms with van der Waals surface area (Å²) in [4.78, 5) is 11.2. The Kier molecular flexibility index (Phi) is 5.59. The Morgan fingerprint density at radius 3 is 2.75 bits per heavy atom. The summed E-state index contributed by atoms with van der Waals surface area (Å²) in [6.07, 6.45) is -6.01. The van der Waals surface area contributed by atoms with Crippen LogP contribution in [0.15, 0.2) is 24.3 Å². The molecule has 1 rings (SSSR count). The number of nitrogens with one attached hydrogen (secondary N) is 1. The molecule has 0 aliphatic rings. The maximum Gasteiger partial charge on any atom is 0.397 e. The summed E-state index contributed by atoms with van der Waals surface area (Å²) in [5.74, 6) is 4.09. The van der Waals surface area contributed by atoms with Crippen LogP contribution in [0.3, 0.4) is 0 Å². The van der Waals surface area contributed by atoms with Crippen LogP contribution < -0.4 is 5.32 Å². The first-order valence-electron chi connectivity index (χ1n) is 5.87. The number of halogens is 3. The van der Waals surface area contributed by atoms with Gasteiger partial charge in [0.15, 0.2) is 0 Å². The highest BCUT2D eigenvalue weighted by molar-refractivity contribution is 5.77. The van der Waals surface area contributed by atoms with E-state index in [0.717, 1.165) is 0 Å². The molecule has 0 aliphatic heterocycles. The Hall–Kier alpha value is -2.00. The molecule has 0 spiro atoms. The van der Waals surface area contributed by atoms with Crippen molar-refractivity contribution in [3.8, 4) is 11.8 Å². The number of benzene rings is 1. The first-order valence-corrected chi connectivity index (χ1v) is 5.87. The Morgan fingerprint density at radius 2 is 2.15 bits per heavy atom. The van der Waals surface area contributed by atoms with Gasteiger partial charge < -0.3 is 10.4 Å². The van der Waals surface area contributed by atoms with Gasteiger partial charge in [-0.25, -0.2) is 0 Å².